The van der Waals surface area contributed by atoms with Gasteiger partial charge in [0.1, 0.15) is 5.75 Å². The van der Waals surface area contributed by atoms with Crippen molar-refractivity contribution < 1.29 is 21.9 Å². The lowest BCUT2D eigenvalue weighted by molar-refractivity contribution is -0.0498. The Balaban J connectivity index is 1.95. The fourth-order valence-electron chi connectivity index (χ4n) is 2.40. The van der Waals surface area contributed by atoms with Gasteiger partial charge in [-0.15, -0.1) is 0 Å². The van der Waals surface area contributed by atoms with Gasteiger partial charge >= 0.3 is 6.61 Å². The minimum Gasteiger partial charge on any atom is -0.435 e. The SMILES string of the molecule is O=S(=O)(Nc1ccc(OC(F)F)cc1)c1cccc2cccc(Cl)c12. The van der Waals surface area contributed by atoms with E-state index in [0.717, 1.165) is 0 Å². The summed E-state index contributed by atoms with van der Waals surface area (Å²) < 4.78 is 56.4. The zero-order valence-electron chi connectivity index (χ0n) is 12.6. The molecule has 1 N–H and O–H groups in total. The van der Waals surface area contributed by atoms with Crippen molar-refractivity contribution in [2.75, 3.05) is 4.72 Å². The summed E-state index contributed by atoms with van der Waals surface area (Å²) in [7, 11) is -3.92. The maximum atomic E-state index is 12.7. The van der Waals surface area contributed by atoms with E-state index < -0.39 is 16.6 Å². The van der Waals surface area contributed by atoms with Gasteiger partial charge in [0.05, 0.1) is 4.90 Å². The van der Waals surface area contributed by atoms with Crippen molar-refractivity contribution in [2.24, 2.45) is 0 Å². The average molecular weight is 384 g/mol. The molecule has 0 saturated carbocycles. The molecule has 0 aromatic heterocycles. The van der Waals surface area contributed by atoms with E-state index in [1.54, 1.807) is 30.3 Å². The minimum absolute atomic E-state index is 0.0310. The lowest BCUT2D eigenvalue weighted by Gasteiger charge is -2.12. The number of hydrogen-bond acceptors (Lipinski definition) is 3. The molecule has 0 bridgehead atoms. The summed E-state index contributed by atoms with van der Waals surface area (Å²) in [6, 6.07) is 15.1. The monoisotopic (exact) mass is 383 g/mol. The molecule has 0 aliphatic heterocycles. The molecule has 0 amide bonds. The van der Waals surface area contributed by atoms with Crippen molar-refractivity contribution in [3.63, 3.8) is 0 Å². The first-order valence-electron chi connectivity index (χ1n) is 7.12. The Hall–Kier alpha value is -2.38. The molecule has 3 aromatic carbocycles. The van der Waals surface area contributed by atoms with Crippen LogP contribution in [0.3, 0.4) is 0 Å². The number of benzene rings is 3. The first kappa shape index (κ1) is 17.4. The van der Waals surface area contributed by atoms with E-state index in [9.17, 15) is 17.2 Å². The highest BCUT2D eigenvalue weighted by molar-refractivity contribution is 7.93. The van der Waals surface area contributed by atoms with Gasteiger partial charge < -0.3 is 4.74 Å². The Morgan fingerprint density at radius 2 is 1.60 bits per heavy atom. The highest BCUT2D eigenvalue weighted by Crippen LogP contribution is 2.31. The minimum atomic E-state index is -3.92. The van der Waals surface area contributed by atoms with Crippen LogP contribution in [0.2, 0.25) is 5.02 Å². The highest BCUT2D eigenvalue weighted by Gasteiger charge is 2.19. The number of sulfonamides is 1. The van der Waals surface area contributed by atoms with Crippen molar-refractivity contribution in [3.8, 4) is 5.75 Å². The van der Waals surface area contributed by atoms with Crippen LogP contribution in [0.4, 0.5) is 14.5 Å². The van der Waals surface area contributed by atoms with Crippen LogP contribution in [0.1, 0.15) is 0 Å². The zero-order chi connectivity index (χ0) is 18.0. The summed E-state index contributed by atoms with van der Waals surface area (Å²) in [4.78, 5) is 0.0310. The second-order valence-corrected chi connectivity index (χ2v) is 7.16. The van der Waals surface area contributed by atoms with Crippen LogP contribution in [0, 0.1) is 0 Å². The van der Waals surface area contributed by atoms with Crippen molar-refractivity contribution in [1.29, 1.82) is 0 Å². The summed E-state index contributed by atoms with van der Waals surface area (Å²) in [6.45, 7) is -2.94. The Morgan fingerprint density at radius 1 is 0.960 bits per heavy atom. The summed E-state index contributed by atoms with van der Waals surface area (Å²) in [5.41, 5.74) is 0.214. The van der Waals surface area contributed by atoms with E-state index in [1.165, 1.54) is 30.3 Å². The average Bonchev–Trinajstić information content (AvgIpc) is 2.56. The molecule has 3 aromatic rings. The summed E-state index contributed by atoms with van der Waals surface area (Å²) in [5.74, 6) is -0.0637. The summed E-state index contributed by atoms with van der Waals surface area (Å²) >= 11 is 6.16. The number of rotatable bonds is 5. The lowest BCUT2D eigenvalue weighted by Crippen LogP contribution is -2.13. The van der Waals surface area contributed by atoms with Crippen LogP contribution in [0.15, 0.2) is 65.6 Å². The molecular weight excluding hydrogens is 372 g/mol. The van der Waals surface area contributed by atoms with Gasteiger partial charge in [-0.2, -0.15) is 8.78 Å². The van der Waals surface area contributed by atoms with Crippen LogP contribution in [0.5, 0.6) is 5.75 Å². The van der Waals surface area contributed by atoms with Crippen molar-refractivity contribution in [3.05, 3.63) is 65.7 Å². The number of fused-ring (bicyclic) bond motifs is 1. The second kappa shape index (κ2) is 6.85. The molecule has 3 rings (SSSR count). The van der Waals surface area contributed by atoms with Crippen molar-refractivity contribution in [2.45, 2.75) is 11.5 Å². The van der Waals surface area contributed by atoms with Gasteiger partial charge in [-0.3, -0.25) is 4.72 Å². The lowest BCUT2D eigenvalue weighted by atomic mass is 10.1. The van der Waals surface area contributed by atoms with Gasteiger partial charge in [0.15, 0.2) is 0 Å². The second-order valence-electron chi connectivity index (χ2n) is 5.10. The van der Waals surface area contributed by atoms with Crippen LogP contribution in [0.25, 0.3) is 10.8 Å². The number of anilines is 1. The number of ether oxygens (including phenoxy) is 1. The third-order valence-electron chi connectivity index (χ3n) is 3.44. The molecule has 0 radical (unpaired) electrons. The van der Waals surface area contributed by atoms with Gasteiger partial charge in [0.2, 0.25) is 0 Å². The van der Waals surface area contributed by atoms with Gasteiger partial charge in [-0.25, -0.2) is 8.42 Å². The van der Waals surface area contributed by atoms with Gasteiger partial charge in [0, 0.05) is 16.1 Å². The molecule has 0 saturated heterocycles. The third kappa shape index (κ3) is 3.83. The zero-order valence-corrected chi connectivity index (χ0v) is 14.2. The van der Waals surface area contributed by atoms with Crippen LogP contribution in [-0.2, 0) is 10.0 Å². The first-order valence-corrected chi connectivity index (χ1v) is 8.98. The standard InChI is InChI=1S/C17H12ClF2NO3S/c18-14-5-1-3-11-4-2-6-15(16(11)14)25(22,23)21-12-7-9-13(10-8-12)24-17(19)20/h1-10,17,21H. The van der Waals surface area contributed by atoms with E-state index in [4.69, 9.17) is 11.6 Å². The van der Waals surface area contributed by atoms with E-state index >= 15 is 0 Å². The smallest absolute Gasteiger partial charge is 0.387 e. The van der Waals surface area contributed by atoms with Crippen molar-refractivity contribution >= 4 is 38.1 Å². The Bertz CT molecular complexity index is 1000. The number of halogens is 3. The van der Waals surface area contributed by atoms with E-state index in [1.807, 2.05) is 0 Å². The van der Waals surface area contributed by atoms with E-state index in [0.29, 0.717) is 15.8 Å². The van der Waals surface area contributed by atoms with Crippen LogP contribution < -0.4 is 9.46 Å². The van der Waals surface area contributed by atoms with E-state index in [2.05, 4.69) is 9.46 Å². The normalized spacial score (nSPS) is 11.7. The molecule has 0 spiro atoms. The first-order chi connectivity index (χ1) is 11.9. The predicted octanol–water partition coefficient (Wildman–Crippen LogP) is 4.90. The molecule has 25 heavy (non-hydrogen) atoms. The van der Waals surface area contributed by atoms with Gasteiger partial charge in [0.25, 0.3) is 10.0 Å². The van der Waals surface area contributed by atoms with Gasteiger partial charge in [-0.05, 0) is 41.8 Å². The molecule has 4 nitrogen and oxygen atoms in total. The molecule has 0 unspecified atom stereocenters. The largest absolute Gasteiger partial charge is 0.435 e. The highest BCUT2D eigenvalue weighted by atomic mass is 35.5. The third-order valence-corrected chi connectivity index (χ3v) is 5.18. The Labute approximate surface area is 148 Å². The summed E-state index contributed by atoms with van der Waals surface area (Å²) in [5, 5.41) is 1.42. The maximum absolute atomic E-state index is 12.7. The molecule has 130 valence electrons. The van der Waals surface area contributed by atoms with E-state index in [-0.39, 0.29) is 16.3 Å². The molecule has 0 heterocycles. The molecule has 0 aliphatic carbocycles. The maximum Gasteiger partial charge on any atom is 0.387 e. The number of hydrogen-bond donors (Lipinski definition) is 1. The molecule has 0 aliphatic rings. The number of alkyl halides is 2. The van der Waals surface area contributed by atoms with Crippen LogP contribution in [-0.4, -0.2) is 15.0 Å². The Kier molecular flexibility index (Phi) is 4.78. The quantitative estimate of drug-likeness (QED) is 0.682. The molecular formula is C17H12ClF2NO3S. The summed E-state index contributed by atoms with van der Waals surface area (Å²) in [6.07, 6.45) is 0. The van der Waals surface area contributed by atoms with Crippen LogP contribution >= 0.6 is 11.6 Å². The Morgan fingerprint density at radius 3 is 2.24 bits per heavy atom. The topological polar surface area (TPSA) is 55.4 Å². The fourth-order valence-corrected chi connectivity index (χ4v) is 4.05. The fraction of sp³-hybridized carbons (Fsp3) is 0.0588. The molecule has 0 atom stereocenters. The molecule has 8 heteroatoms. The van der Waals surface area contributed by atoms with Gasteiger partial charge in [-0.1, -0.05) is 35.9 Å². The number of nitrogens with one attached hydrogen (secondary N) is 1. The molecule has 0 fully saturated rings. The van der Waals surface area contributed by atoms with Crippen molar-refractivity contribution in [1.82, 2.24) is 0 Å². The predicted molar refractivity (Wildman–Crippen MR) is 92.8 cm³/mol.